The van der Waals surface area contributed by atoms with Crippen LogP contribution >= 0.6 is 0 Å². The fourth-order valence-corrected chi connectivity index (χ4v) is 1.44. The molecule has 0 saturated heterocycles. The molecule has 120 valence electrons. The number of aliphatic carboxylic acids is 4. The van der Waals surface area contributed by atoms with E-state index in [4.69, 9.17) is 0 Å². The molecule has 0 bridgehead atoms. The number of carbonyl (C=O) groups excluding carboxylic acids is 4. The van der Waals surface area contributed by atoms with E-state index in [2.05, 4.69) is 0 Å². The first-order valence-electron chi connectivity index (χ1n) is 5.44. The van der Waals surface area contributed by atoms with Gasteiger partial charge in [0.05, 0.1) is 23.9 Å². The molecule has 0 atom stereocenters. The van der Waals surface area contributed by atoms with Crippen molar-refractivity contribution in [3.05, 3.63) is 0 Å². The maximum absolute atomic E-state index is 10.4. The van der Waals surface area contributed by atoms with E-state index in [1.165, 1.54) is 0 Å². The molecule has 21 heavy (non-hydrogen) atoms. The van der Waals surface area contributed by atoms with Gasteiger partial charge in [-0.15, -0.1) is 0 Å². The fraction of sp³-hybridized carbons (Fsp3) is 0.600. The number of carboxylic acids is 4. The van der Waals surface area contributed by atoms with Crippen molar-refractivity contribution in [3.8, 4) is 0 Å². The first-order chi connectivity index (χ1) is 9.20. The predicted octanol–water partition coefficient (Wildman–Crippen LogP) is -7.41. The molecule has 0 saturated carbocycles. The van der Waals surface area contributed by atoms with Gasteiger partial charge in [-0.05, 0) is 0 Å². The van der Waals surface area contributed by atoms with Crippen molar-refractivity contribution in [2.45, 2.75) is 0 Å². The third-order valence-electron chi connectivity index (χ3n) is 2.14. The van der Waals surface area contributed by atoms with E-state index in [1.54, 1.807) is 0 Å². The molecule has 0 radical (unpaired) electrons. The van der Waals surface area contributed by atoms with Crippen LogP contribution in [0, 0.1) is 0 Å². The van der Waals surface area contributed by atoms with Crippen molar-refractivity contribution in [3.63, 3.8) is 0 Å². The molecule has 0 aromatic heterocycles. The zero-order valence-electron chi connectivity index (χ0n) is 10.7. The summed E-state index contributed by atoms with van der Waals surface area (Å²) >= 11 is 0. The summed E-state index contributed by atoms with van der Waals surface area (Å²) in [6, 6.07) is 0. The van der Waals surface area contributed by atoms with Gasteiger partial charge in [0.1, 0.15) is 0 Å². The molecule has 0 aliphatic heterocycles. The SMILES string of the molecule is O=C([O-])CN(CCN(CC(=O)[O-])CC(=O)[O-])CC(=O)[O-].[Ni+4]. The van der Waals surface area contributed by atoms with E-state index in [-0.39, 0.29) is 29.6 Å². The molecule has 0 amide bonds. The number of hydrogen-bond donors (Lipinski definition) is 0. The van der Waals surface area contributed by atoms with Gasteiger partial charge in [0.2, 0.25) is 0 Å². The van der Waals surface area contributed by atoms with Crippen molar-refractivity contribution in [2.24, 2.45) is 0 Å². The molecular weight excluding hydrogens is 335 g/mol. The average Bonchev–Trinajstić information content (AvgIpc) is 2.22. The van der Waals surface area contributed by atoms with E-state index in [0.29, 0.717) is 0 Å². The van der Waals surface area contributed by atoms with Gasteiger partial charge in [-0.3, -0.25) is 9.80 Å². The largest absolute Gasteiger partial charge is 4.00 e. The minimum Gasteiger partial charge on any atom is -0.549 e. The molecule has 0 unspecified atom stereocenters. The van der Waals surface area contributed by atoms with Crippen LogP contribution in [0.15, 0.2) is 0 Å². The molecule has 0 aromatic carbocycles. The Hall–Kier alpha value is -1.71. The van der Waals surface area contributed by atoms with Gasteiger partial charge in [0.25, 0.3) is 0 Å². The summed E-state index contributed by atoms with van der Waals surface area (Å²) in [7, 11) is 0. The van der Waals surface area contributed by atoms with Crippen molar-refractivity contribution >= 4 is 23.9 Å². The Morgan fingerprint density at radius 3 is 0.905 bits per heavy atom. The van der Waals surface area contributed by atoms with Crippen molar-refractivity contribution in [2.75, 3.05) is 39.3 Å². The van der Waals surface area contributed by atoms with Gasteiger partial charge < -0.3 is 39.6 Å². The molecule has 0 aliphatic carbocycles. The van der Waals surface area contributed by atoms with Crippen LogP contribution in [0.2, 0.25) is 0 Å². The van der Waals surface area contributed by atoms with E-state index >= 15 is 0 Å². The number of nitrogens with zero attached hydrogens (tertiary/aromatic N) is 2. The molecule has 0 fully saturated rings. The summed E-state index contributed by atoms with van der Waals surface area (Å²) in [6.45, 7) is -3.25. The van der Waals surface area contributed by atoms with Crippen molar-refractivity contribution in [1.29, 1.82) is 0 Å². The van der Waals surface area contributed by atoms with Crippen LogP contribution in [0.1, 0.15) is 0 Å². The Labute approximate surface area is 129 Å². The number of carbonyl (C=O) groups is 4. The van der Waals surface area contributed by atoms with Crippen LogP contribution in [0.25, 0.3) is 0 Å². The van der Waals surface area contributed by atoms with Gasteiger partial charge in [0.15, 0.2) is 0 Å². The van der Waals surface area contributed by atoms with E-state index in [0.717, 1.165) is 9.80 Å². The first-order valence-corrected chi connectivity index (χ1v) is 5.44. The Morgan fingerprint density at radius 2 is 0.762 bits per heavy atom. The van der Waals surface area contributed by atoms with Crippen LogP contribution in [0.4, 0.5) is 0 Å². The second-order valence-corrected chi connectivity index (χ2v) is 3.91. The topological polar surface area (TPSA) is 167 Å². The Bertz CT molecular complexity index is 321. The summed E-state index contributed by atoms with van der Waals surface area (Å²) in [5.74, 6) is -6.12. The quantitative estimate of drug-likeness (QED) is 0.327. The van der Waals surface area contributed by atoms with E-state index in [1.807, 2.05) is 0 Å². The number of rotatable bonds is 11. The summed E-state index contributed by atoms with van der Waals surface area (Å²) in [5, 5.41) is 41.6. The average molecular weight is 347 g/mol. The number of carboxylic acid groups (broad SMARTS) is 4. The maximum Gasteiger partial charge on any atom is 4.00 e. The van der Waals surface area contributed by atoms with Crippen LogP contribution in [-0.2, 0) is 35.7 Å². The molecule has 10 nitrogen and oxygen atoms in total. The third-order valence-corrected chi connectivity index (χ3v) is 2.14. The smallest absolute Gasteiger partial charge is 0.549 e. The van der Waals surface area contributed by atoms with Gasteiger partial charge >= 0.3 is 16.5 Å². The van der Waals surface area contributed by atoms with Gasteiger partial charge in [-0.2, -0.15) is 0 Å². The van der Waals surface area contributed by atoms with E-state index in [9.17, 15) is 39.6 Å². The second-order valence-electron chi connectivity index (χ2n) is 3.91. The Balaban J connectivity index is 0. The summed E-state index contributed by atoms with van der Waals surface area (Å²) in [5.41, 5.74) is 0. The molecule has 0 heterocycles. The minimum atomic E-state index is -1.53. The molecule has 0 rings (SSSR count). The minimum absolute atomic E-state index is 0. The number of hydrogen-bond acceptors (Lipinski definition) is 10. The van der Waals surface area contributed by atoms with Crippen molar-refractivity contribution in [1.82, 2.24) is 9.80 Å². The van der Waals surface area contributed by atoms with Crippen LogP contribution in [0.5, 0.6) is 0 Å². The molecule has 11 heteroatoms. The molecule has 0 spiro atoms. The van der Waals surface area contributed by atoms with Crippen LogP contribution < -0.4 is 20.4 Å². The predicted molar refractivity (Wildman–Crippen MR) is 52.9 cm³/mol. The molecule has 0 N–H and O–H groups in total. The van der Waals surface area contributed by atoms with Gasteiger partial charge in [0, 0.05) is 39.3 Å². The van der Waals surface area contributed by atoms with Gasteiger partial charge in [-0.25, -0.2) is 0 Å². The maximum atomic E-state index is 10.4. The summed E-state index contributed by atoms with van der Waals surface area (Å²) in [4.78, 5) is 43.4. The normalized spacial score (nSPS) is 10.2. The standard InChI is InChI=1S/C10H16N2O8.Ni/c13-7(14)3-11(4-8(15)16)1-2-12(5-9(17)18)6-10(19)20;/h1-6H2,(H,13,14)(H,15,16)(H,17,18)(H,19,20);/q;+4/p-4. The van der Waals surface area contributed by atoms with E-state index < -0.39 is 50.1 Å². The van der Waals surface area contributed by atoms with Crippen LogP contribution in [-0.4, -0.2) is 72.9 Å². The molecule has 0 aromatic rings. The van der Waals surface area contributed by atoms with Gasteiger partial charge in [-0.1, -0.05) is 0 Å². The fourth-order valence-electron chi connectivity index (χ4n) is 1.44. The summed E-state index contributed by atoms with van der Waals surface area (Å²) in [6.07, 6.45) is 0. The summed E-state index contributed by atoms with van der Waals surface area (Å²) < 4.78 is 0. The zero-order valence-corrected chi connectivity index (χ0v) is 11.7. The molecular formula is C10H12N2NiO8. The van der Waals surface area contributed by atoms with Crippen LogP contribution in [0.3, 0.4) is 0 Å². The monoisotopic (exact) mass is 346 g/mol. The van der Waals surface area contributed by atoms with Crippen molar-refractivity contribution < 1.29 is 56.1 Å². The molecule has 0 aliphatic rings. The Kier molecular flexibility index (Phi) is 11.3. The second kappa shape index (κ2) is 11.0. The Morgan fingerprint density at radius 1 is 0.571 bits per heavy atom. The zero-order chi connectivity index (χ0) is 15.7. The first kappa shape index (κ1) is 21.6. The third kappa shape index (κ3) is 13.0.